The maximum atomic E-state index is 10.7. The summed E-state index contributed by atoms with van der Waals surface area (Å²) in [5.41, 5.74) is 0.477. The molecule has 0 saturated carbocycles. The molecule has 6 heteroatoms. The molecule has 0 aliphatic heterocycles. The van der Waals surface area contributed by atoms with E-state index in [9.17, 15) is 10.1 Å². The molecule has 0 radical (unpaired) electrons. The number of aliphatic hydroxyl groups is 1. The highest BCUT2D eigenvalue weighted by molar-refractivity contribution is 6.31. The summed E-state index contributed by atoms with van der Waals surface area (Å²) in [4.78, 5) is 10.2. The third-order valence-electron chi connectivity index (χ3n) is 2.59. The maximum absolute atomic E-state index is 10.7. The van der Waals surface area contributed by atoms with E-state index in [2.05, 4.69) is 5.32 Å². The fourth-order valence-corrected chi connectivity index (χ4v) is 1.59. The van der Waals surface area contributed by atoms with Crippen LogP contribution in [-0.2, 0) is 6.54 Å². The summed E-state index contributed by atoms with van der Waals surface area (Å²) in [6.45, 7) is 4.96. The van der Waals surface area contributed by atoms with Gasteiger partial charge in [0.2, 0.25) is 0 Å². The van der Waals surface area contributed by atoms with Crippen LogP contribution in [0, 0.1) is 15.5 Å². The normalized spacial score (nSPS) is 11.6. The molecule has 0 amide bonds. The zero-order valence-corrected chi connectivity index (χ0v) is 11.2. The van der Waals surface area contributed by atoms with Gasteiger partial charge in [-0.2, -0.15) is 0 Å². The first-order chi connectivity index (χ1) is 8.35. The predicted molar refractivity (Wildman–Crippen MR) is 70.7 cm³/mol. The minimum atomic E-state index is -0.447. The fourth-order valence-electron chi connectivity index (χ4n) is 1.40. The highest BCUT2D eigenvalue weighted by atomic mass is 35.5. The number of nitro benzene ring substituents is 1. The van der Waals surface area contributed by atoms with Gasteiger partial charge in [0.1, 0.15) is 0 Å². The van der Waals surface area contributed by atoms with E-state index in [1.165, 1.54) is 18.2 Å². The fraction of sp³-hybridized carbons (Fsp3) is 0.500. The van der Waals surface area contributed by atoms with Crippen LogP contribution < -0.4 is 5.32 Å². The van der Waals surface area contributed by atoms with Gasteiger partial charge in [-0.25, -0.2) is 0 Å². The van der Waals surface area contributed by atoms with Crippen molar-refractivity contribution in [2.24, 2.45) is 5.41 Å². The van der Waals surface area contributed by atoms with Crippen molar-refractivity contribution in [3.05, 3.63) is 38.9 Å². The van der Waals surface area contributed by atoms with Crippen LogP contribution in [0.1, 0.15) is 19.4 Å². The molecule has 2 N–H and O–H groups in total. The summed E-state index contributed by atoms with van der Waals surface area (Å²) in [7, 11) is 0. The lowest BCUT2D eigenvalue weighted by Crippen LogP contribution is -2.31. The van der Waals surface area contributed by atoms with E-state index in [1.807, 2.05) is 13.8 Å². The summed E-state index contributed by atoms with van der Waals surface area (Å²) in [6, 6.07) is 4.36. The molecule has 18 heavy (non-hydrogen) atoms. The van der Waals surface area contributed by atoms with E-state index in [0.717, 1.165) is 0 Å². The maximum Gasteiger partial charge on any atom is 0.269 e. The third kappa shape index (κ3) is 4.25. The first-order valence-electron chi connectivity index (χ1n) is 5.60. The van der Waals surface area contributed by atoms with Gasteiger partial charge in [-0.3, -0.25) is 10.1 Å². The molecule has 1 aromatic carbocycles. The Balaban J connectivity index is 2.67. The summed E-state index contributed by atoms with van der Waals surface area (Å²) >= 11 is 5.97. The Morgan fingerprint density at radius 2 is 2.17 bits per heavy atom. The Morgan fingerprint density at radius 1 is 1.50 bits per heavy atom. The van der Waals surface area contributed by atoms with Crippen LogP contribution in [0.25, 0.3) is 0 Å². The second-order valence-corrected chi connectivity index (χ2v) is 5.37. The van der Waals surface area contributed by atoms with Crippen molar-refractivity contribution in [2.45, 2.75) is 20.4 Å². The molecule has 0 aliphatic carbocycles. The lowest BCUT2D eigenvalue weighted by atomic mass is 9.95. The van der Waals surface area contributed by atoms with Crippen LogP contribution in [0.5, 0.6) is 0 Å². The van der Waals surface area contributed by atoms with Crippen LogP contribution >= 0.6 is 11.6 Å². The monoisotopic (exact) mass is 272 g/mol. The SMILES string of the molecule is CC(C)(CO)CNCc1cc([N+](=O)[O-])ccc1Cl. The van der Waals surface area contributed by atoms with Crippen LogP contribution in [0.15, 0.2) is 18.2 Å². The molecule has 0 fully saturated rings. The van der Waals surface area contributed by atoms with Gasteiger partial charge >= 0.3 is 0 Å². The Hall–Kier alpha value is -1.17. The van der Waals surface area contributed by atoms with Crippen molar-refractivity contribution in [3.8, 4) is 0 Å². The van der Waals surface area contributed by atoms with Gasteiger partial charge in [-0.05, 0) is 11.6 Å². The van der Waals surface area contributed by atoms with E-state index < -0.39 is 4.92 Å². The number of nitro groups is 1. The minimum absolute atomic E-state index is 0.0256. The Kier molecular flexibility index (Phi) is 5.07. The Morgan fingerprint density at radius 3 is 2.72 bits per heavy atom. The van der Waals surface area contributed by atoms with Crippen molar-refractivity contribution in [3.63, 3.8) is 0 Å². The number of halogens is 1. The van der Waals surface area contributed by atoms with Crippen molar-refractivity contribution >= 4 is 17.3 Å². The van der Waals surface area contributed by atoms with E-state index in [1.54, 1.807) is 0 Å². The molecule has 1 aromatic rings. The van der Waals surface area contributed by atoms with Gasteiger partial charge in [0.15, 0.2) is 0 Å². The molecule has 0 heterocycles. The summed E-state index contributed by atoms with van der Waals surface area (Å²) in [5.74, 6) is 0. The molecule has 0 atom stereocenters. The number of hydrogen-bond donors (Lipinski definition) is 2. The third-order valence-corrected chi connectivity index (χ3v) is 2.96. The number of nitrogens with one attached hydrogen (secondary N) is 1. The molecule has 0 saturated heterocycles. The average Bonchev–Trinajstić information content (AvgIpc) is 2.31. The van der Waals surface area contributed by atoms with Crippen molar-refractivity contribution in [2.75, 3.05) is 13.2 Å². The van der Waals surface area contributed by atoms with Crippen LogP contribution in [0.3, 0.4) is 0 Å². The number of hydrogen-bond acceptors (Lipinski definition) is 4. The molecule has 0 unspecified atom stereocenters. The van der Waals surface area contributed by atoms with Gasteiger partial charge in [0, 0.05) is 42.3 Å². The van der Waals surface area contributed by atoms with Gasteiger partial charge < -0.3 is 10.4 Å². The number of benzene rings is 1. The van der Waals surface area contributed by atoms with Gasteiger partial charge in [0.25, 0.3) is 5.69 Å². The second kappa shape index (κ2) is 6.13. The Labute approximate surface area is 111 Å². The molecule has 100 valence electrons. The van der Waals surface area contributed by atoms with Crippen LogP contribution in [-0.4, -0.2) is 23.2 Å². The zero-order valence-electron chi connectivity index (χ0n) is 10.4. The summed E-state index contributed by atoms with van der Waals surface area (Å²) < 4.78 is 0. The second-order valence-electron chi connectivity index (χ2n) is 4.96. The van der Waals surface area contributed by atoms with Crippen LogP contribution in [0.2, 0.25) is 5.02 Å². The van der Waals surface area contributed by atoms with Gasteiger partial charge in [-0.1, -0.05) is 25.4 Å². The van der Waals surface area contributed by atoms with Gasteiger partial charge in [0.05, 0.1) is 4.92 Å². The van der Waals surface area contributed by atoms with Crippen LogP contribution in [0.4, 0.5) is 5.69 Å². The van der Waals surface area contributed by atoms with E-state index in [4.69, 9.17) is 16.7 Å². The first kappa shape index (κ1) is 14.9. The molecule has 1 rings (SSSR count). The highest BCUT2D eigenvalue weighted by Crippen LogP contribution is 2.22. The standard InChI is InChI=1S/C12H17ClN2O3/c1-12(2,8-16)7-14-6-9-5-10(15(17)18)3-4-11(9)13/h3-5,14,16H,6-8H2,1-2H3. The zero-order chi connectivity index (χ0) is 13.8. The largest absolute Gasteiger partial charge is 0.396 e. The lowest BCUT2D eigenvalue weighted by Gasteiger charge is -2.22. The summed E-state index contributed by atoms with van der Waals surface area (Å²) in [6.07, 6.45) is 0. The van der Waals surface area contributed by atoms with Crippen molar-refractivity contribution in [1.82, 2.24) is 5.32 Å². The molecule has 0 aromatic heterocycles. The summed E-state index contributed by atoms with van der Waals surface area (Å²) in [5, 5.41) is 23.4. The average molecular weight is 273 g/mol. The minimum Gasteiger partial charge on any atom is -0.396 e. The quantitative estimate of drug-likeness (QED) is 0.616. The molecule has 0 aliphatic rings. The Bertz CT molecular complexity index is 435. The predicted octanol–water partition coefficient (Wildman–Crippen LogP) is 2.36. The van der Waals surface area contributed by atoms with Crippen molar-refractivity contribution < 1.29 is 10.0 Å². The van der Waals surface area contributed by atoms with Crippen molar-refractivity contribution in [1.29, 1.82) is 0 Å². The molecular formula is C12H17ClN2O3. The highest BCUT2D eigenvalue weighted by Gasteiger charge is 2.16. The first-order valence-corrected chi connectivity index (χ1v) is 5.98. The molecular weight excluding hydrogens is 256 g/mol. The lowest BCUT2D eigenvalue weighted by molar-refractivity contribution is -0.384. The van der Waals surface area contributed by atoms with Gasteiger partial charge in [-0.15, -0.1) is 0 Å². The molecule has 0 spiro atoms. The number of aliphatic hydroxyl groups excluding tert-OH is 1. The van der Waals surface area contributed by atoms with E-state index in [-0.39, 0.29) is 17.7 Å². The molecule has 5 nitrogen and oxygen atoms in total. The van der Waals surface area contributed by atoms with E-state index in [0.29, 0.717) is 23.7 Å². The van der Waals surface area contributed by atoms with E-state index >= 15 is 0 Å². The number of nitrogens with zero attached hydrogens (tertiary/aromatic N) is 1. The smallest absolute Gasteiger partial charge is 0.269 e. The number of rotatable bonds is 6. The number of non-ortho nitro benzene ring substituents is 1. The molecule has 0 bridgehead atoms. The topological polar surface area (TPSA) is 75.4 Å².